The Balaban J connectivity index is 1.87. The van der Waals surface area contributed by atoms with Gasteiger partial charge < -0.3 is 16.0 Å². The molecular formula is C12H20N4OS. The van der Waals surface area contributed by atoms with E-state index in [1.165, 1.54) is 0 Å². The van der Waals surface area contributed by atoms with Crippen molar-refractivity contribution in [3.8, 4) is 0 Å². The lowest BCUT2D eigenvalue weighted by Crippen LogP contribution is -2.54. The predicted molar refractivity (Wildman–Crippen MR) is 72.0 cm³/mol. The topological polar surface area (TPSA) is 86.9 Å². The largest absolute Gasteiger partial charge is 0.368 e. The standard InChI is InChI=1S/C12H20N4OS/c1-16-7-6-15-11(16)18-8-4-9-3-2-5-12(9,14)10(13)17/h6-7,9H,2-5,8,14H2,1H3,(H2,13,17). The Kier molecular flexibility index (Phi) is 3.97. The number of nitrogens with zero attached hydrogens (tertiary/aromatic N) is 2. The fourth-order valence-corrected chi connectivity index (χ4v) is 3.60. The number of primary amides is 1. The van der Waals surface area contributed by atoms with Crippen molar-refractivity contribution >= 4 is 17.7 Å². The van der Waals surface area contributed by atoms with Crippen molar-refractivity contribution in [3.63, 3.8) is 0 Å². The van der Waals surface area contributed by atoms with Crippen LogP contribution in [0.15, 0.2) is 17.6 Å². The van der Waals surface area contributed by atoms with Crippen molar-refractivity contribution in [2.75, 3.05) is 5.75 Å². The fourth-order valence-electron chi connectivity index (χ4n) is 2.61. The number of hydrogen-bond acceptors (Lipinski definition) is 4. The van der Waals surface area contributed by atoms with Crippen molar-refractivity contribution in [1.82, 2.24) is 9.55 Å². The van der Waals surface area contributed by atoms with Crippen LogP contribution in [0.2, 0.25) is 0 Å². The first kappa shape index (κ1) is 13.4. The highest BCUT2D eigenvalue weighted by molar-refractivity contribution is 7.99. The van der Waals surface area contributed by atoms with Gasteiger partial charge in [0.2, 0.25) is 5.91 Å². The summed E-state index contributed by atoms with van der Waals surface area (Å²) in [6.07, 6.45) is 7.35. The molecule has 0 bridgehead atoms. The third kappa shape index (κ3) is 2.54. The number of carbonyl (C=O) groups is 1. The van der Waals surface area contributed by atoms with Crippen LogP contribution >= 0.6 is 11.8 Å². The van der Waals surface area contributed by atoms with Gasteiger partial charge in [-0.1, -0.05) is 18.2 Å². The van der Waals surface area contributed by atoms with E-state index in [9.17, 15) is 4.79 Å². The molecule has 1 fully saturated rings. The zero-order valence-corrected chi connectivity index (χ0v) is 11.4. The van der Waals surface area contributed by atoms with Crippen LogP contribution in [-0.2, 0) is 11.8 Å². The Morgan fingerprint density at radius 1 is 1.72 bits per heavy atom. The van der Waals surface area contributed by atoms with Gasteiger partial charge in [0.05, 0.1) is 5.54 Å². The molecule has 5 nitrogen and oxygen atoms in total. The monoisotopic (exact) mass is 268 g/mol. The maximum absolute atomic E-state index is 11.5. The maximum Gasteiger partial charge on any atom is 0.237 e. The first-order valence-corrected chi connectivity index (χ1v) is 7.21. The summed E-state index contributed by atoms with van der Waals surface area (Å²) in [4.78, 5) is 15.7. The van der Waals surface area contributed by atoms with E-state index in [0.717, 1.165) is 36.6 Å². The van der Waals surface area contributed by atoms with E-state index in [2.05, 4.69) is 4.98 Å². The molecule has 0 saturated heterocycles. The Labute approximate surface area is 111 Å². The zero-order chi connectivity index (χ0) is 13.2. The molecule has 0 aromatic carbocycles. The van der Waals surface area contributed by atoms with Crippen molar-refractivity contribution in [1.29, 1.82) is 0 Å². The Hall–Kier alpha value is -1.01. The number of imidazole rings is 1. The summed E-state index contributed by atoms with van der Waals surface area (Å²) in [6, 6.07) is 0. The van der Waals surface area contributed by atoms with E-state index in [1.807, 2.05) is 17.8 Å². The molecule has 2 rings (SSSR count). The maximum atomic E-state index is 11.5. The molecule has 1 saturated carbocycles. The van der Waals surface area contributed by atoms with Crippen LogP contribution in [0.1, 0.15) is 25.7 Å². The number of amides is 1. The molecule has 1 aromatic rings. The molecule has 0 radical (unpaired) electrons. The first-order chi connectivity index (χ1) is 8.54. The number of aromatic nitrogens is 2. The van der Waals surface area contributed by atoms with E-state index in [1.54, 1.807) is 18.0 Å². The molecule has 1 aliphatic rings. The lowest BCUT2D eigenvalue weighted by molar-refractivity contribution is -0.124. The van der Waals surface area contributed by atoms with Crippen molar-refractivity contribution in [2.45, 2.75) is 36.4 Å². The molecule has 0 spiro atoms. The second-order valence-electron chi connectivity index (χ2n) is 4.95. The third-order valence-electron chi connectivity index (χ3n) is 3.80. The minimum atomic E-state index is -0.789. The van der Waals surface area contributed by atoms with E-state index in [0.29, 0.717) is 0 Å². The molecule has 4 N–H and O–H groups in total. The molecule has 1 amide bonds. The highest BCUT2D eigenvalue weighted by Crippen LogP contribution is 2.37. The zero-order valence-electron chi connectivity index (χ0n) is 10.6. The molecule has 6 heteroatoms. The number of rotatable bonds is 5. The fraction of sp³-hybridized carbons (Fsp3) is 0.667. The van der Waals surface area contributed by atoms with E-state index in [-0.39, 0.29) is 11.8 Å². The molecule has 18 heavy (non-hydrogen) atoms. The van der Waals surface area contributed by atoms with Crippen molar-refractivity contribution < 1.29 is 4.79 Å². The number of nitrogens with two attached hydrogens (primary N) is 2. The third-order valence-corrected chi connectivity index (χ3v) is 4.90. The summed E-state index contributed by atoms with van der Waals surface area (Å²) < 4.78 is 1.99. The second kappa shape index (κ2) is 5.32. The van der Waals surface area contributed by atoms with Crippen LogP contribution in [0.5, 0.6) is 0 Å². The molecule has 1 heterocycles. The minimum absolute atomic E-state index is 0.211. The van der Waals surface area contributed by atoms with Gasteiger partial charge in [0, 0.05) is 25.2 Å². The van der Waals surface area contributed by atoms with Gasteiger partial charge in [-0.2, -0.15) is 0 Å². The van der Waals surface area contributed by atoms with Gasteiger partial charge in [-0.3, -0.25) is 4.79 Å². The van der Waals surface area contributed by atoms with Crippen LogP contribution in [-0.4, -0.2) is 26.8 Å². The predicted octanol–water partition coefficient (Wildman–Crippen LogP) is 0.885. The number of carbonyl (C=O) groups excluding carboxylic acids is 1. The van der Waals surface area contributed by atoms with E-state index >= 15 is 0 Å². The quantitative estimate of drug-likeness (QED) is 0.776. The van der Waals surface area contributed by atoms with Crippen LogP contribution in [0.25, 0.3) is 0 Å². The normalized spacial score (nSPS) is 27.6. The average molecular weight is 268 g/mol. The van der Waals surface area contributed by atoms with Gasteiger partial charge in [-0.25, -0.2) is 4.98 Å². The molecule has 2 unspecified atom stereocenters. The second-order valence-corrected chi connectivity index (χ2v) is 6.01. The SMILES string of the molecule is Cn1ccnc1SCCC1CCCC1(N)C(N)=O. The first-order valence-electron chi connectivity index (χ1n) is 6.23. The molecule has 2 atom stereocenters. The van der Waals surface area contributed by atoms with Crippen LogP contribution < -0.4 is 11.5 Å². The van der Waals surface area contributed by atoms with Crippen LogP contribution in [0.3, 0.4) is 0 Å². The number of hydrogen-bond donors (Lipinski definition) is 2. The Morgan fingerprint density at radius 3 is 3.11 bits per heavy atom. The summed E-state index contributed by atoms with van der Waals surface area (Å²) in [7, 11) is 1.97. The Bertz CT molecular complexity index is 433. The van der Waals surface area contributed by atoms with E-state index in [4.69, 9.17) is 11.5 Å². The summed E-state index contributed by atoms with van der Waals surface area (Å²) in [6.45, 7) is 0. The van der Waals surface area contributed by atoms with Gasteiger partial charge in [-0.15, -0.1) is 0 Å². The number of thioether (sulfide) groups is 1. The van der Waals surface area contributed by atoms with Gasteiger partial charge >= 0.3 is 0 Å². The van der Waals surface area contributed by atoms with Gasteiger partial charge in [-0.05, 0) is 25.2 Å². The molecular weight excluding hydrogens is 248 g/mol. The van der Waals surface area contributed by atoms with Crippen molar-refractivity contribution in [3.05, 3.63) is 12.4 Å². The van der Waals surface area contributed by atoms with Gasteiger partial charge in [0.25, 0.3) is 0 Å². The summed E-state index contributed by atoms with van der Waals surface area (Å²) in [5.41, 5.74) is 10.8. The molecule has 100 valence electrons. The highest BCUT2D eigenvalue weighted by atomic mass is 32.2. The molecule has 1 aliphatic carbocycles. The summed E-state index contributed by atoms with van der Waals surface area (Å²) >= 11 is 1.70. The van der Waals surface area contributed by atoms with Gasteiger partial charge in [0.15, 0.2) is 5.16 Å². The minimum Gasteiger partial charge on any atom is -0.368 e. The Morgan fingerprint density at radius 2 is 2.50 bits per heavy atom. The highest BCUT2D eigenvalue weighted by Gasteiger charge is 2.43. The molecule has 1 aromatic heterocycles. The van der Waals surface area contributed by atoms with E-state index < -0.39 is 5.54 Å². The van der Waals surface area contributed by atoms with Crippen LogP contribution in [0, 0.1) is 5.92 Å². The lowest BCUT2D eigenvalue weighted by Gasteiger charge is -2.27. The summed E-state index contributed by atoms with van der Waals surface area (Å²) in [5, 5.41) is 0.995. The number of aryl methyl sites for hydroxylation is 1. The summed E-state index contributed by atoms with van der Waals surface area (Å²) in [5.74, 6) is 0.775. The smallest absolute Gasteiger partial charge is 0.237 e. The van der Waals surface area contributed by atoms with Gasteiger partial charge in [0.1, 0.15) is 0 Å². The van der Waals surface area contributed by atoms with Crippen molar-refractivity contribution in [2.24, 2.45) is 24.4 Å². The van der Waals surface area contributed by atoms with Crippen LogP contribution in [0.4, 0.5) is 0 Å². The molecule has 0 aliphatic heterocycles. The average Bonchev–Trinajstić information content (AvgIpc) is 2.88. The lowest BCUT2D eigenvalue weighted by atomic mass is 9.85.